The van der Waals surface area contributed by atoms with E-state index in [2.05, 4.69) is 0 Å². The minimum Gasteiger partial charge on any atom is -0.507 e. The number of rotatable bonds is 5. The molecule has 1 aliphatic heterocycles. The Morgan fingerprint density at radius 1 is 1.00 bits per heavy atom. The van der Waals surface area contributed by atoms with Crippen molar-refractivity contribution in [1.29, 1.82) is 0 Å². The summed E-state index contributed by atoms with van der Waals surface area (Å²) in [6.07, 6.45) is 0. The van der Waals surface area contributed by atoms with Gasteiger partial charge in [-0.15, -0.1) is 0 Å². The fourth-order valence-corrected chi connectivity index (χ4v) is 3.71. The molecule has 8 heteroatoms. The van der Waals surface area contributed by atoms with Crippen molar-refractivity contribution in [3.8, 4) is 5.75 Å². The van der Waals surface area contributed by atoms with E-state index in [1.807, 2.05) is 0 Å². The largest absolute Gasteiger partial charge is 0.507 e. The molecule has 1 aliphatic rings. The number of carbonyl (C=O) groups excluding carboxylic acids is 2. The minimum absolute atomic E-state index is 0.110. The first-order chi connectivity index (χ1) is 15.4. The molecule has 1 unspecified atom stereocenters. The third-order valence-corrected chi connectivity index (χ3v) is 5.24. The van der Waals surface area contributed by atoms with Crippen molar-refractivity contribution in [2.24, 2.45) is 0 Å². The molecule has 4 rings (SSSR count). The normalized spacial score (nSPS) is 17.4. The van der Waals surface area contributed by atoms with Crippen molar-refractivity contribution in [2.45, 2.75) is 6.04 Å². The number of hydrogen-bond acceptors (Lipinski definition) is 6. The summed E-state index contributed by atoms with van der Waals surface area (Å²) < 4.78 is 5.29. The maximum atomic E-state index is 13.1. The summed E-state index contributed by atoms with van der Waals surface area (Å²) in [4.78, 5) is 37.8. The highest BCUT2D eigenvalue weighted by Crippen LogP contribution is 2.42. The molecule has 1 saturated heterocycles. The van der Waals surface area contributed by atoms with Crippen LogP contribution >= 0.6 is 0 Å². The van der Waals surface area contributed by atoms with Crippen molar-refractivity contribution < 1.29 is 24.4 Å². The Morgan fingerprint density at radius 3 is 2.31 bits per heavy atom. The van der Waals surface area contributed by atoms with Gasteiger partial charge >= 0.3 is 0 Å². The lowest BCUT2D eigenvalue weighted by Gasteiger charge is -2.25. The van der Waals surface area contributed by atoms with E-state index < -0.39 is 28.4 Å². The van der Waals surface area contributed by atoms with Crippen LogP contribution in [0.2, 0.25) is 0 Å². The smallest absolute Gasteiger partial charge is 0.300 e. The number of methoxy groups -OCH3 is 1. The second kappa shape index (κ2) is 8.35. The van der Waals surface area contributed by atoms with Crippen molar-refractivity contribution in [3.63, 3.8) is 0 Å². The minimum atomic E-state index is -0.914. The van der Waals surface area contributed by atoms with Crippen LogP contribution in [0.4, 0.5) is 11.4 Å². The number of nitro groups is 1. The van der Waals surface area contributed by atoms with Gasteiger partial charge in [-0.25, -0.2) is 0 Å². The van der Waals surface area contributed by atoms with Gasteiger partial charge in [-0.05, 0) is 42.0 Å². The van der Waals surface area contributed by atoms with Crippen molar-refractivity contribution in [1.82, 2.24) is 0 Å². The van der Waals surface area contributed by atoms with Crippen LogP contribution in [0.25, 0.3) is 5.76 Å². The van der Waals surface area contributed by atoms with Crippen LogP contribution in [0, 0.1) is 10.1 Å². The van der Waals surface area contributed by atoms with Gasteiger partial charge < -0.3 is 9.84 Å². The highest BCUT2D eigenvalue weighted by molar-refractivity contribution is 6.51. The zero-order chi connectivity index (χ0) is 22.8. The van der Waals surface area contributed by atoms with Crippen LogP contribution < -0.4 is 9.64 Å². The van der Waals surface area contributed by atoms with Crippen LogP contribution in [-0.2, 0) is 9.59 Å². The highest BCUT2D eigenvalue weighted by Gasteiger charge is 2.47. The number of ketones is 1. The molecule has 0 aromatic heterocycles. The second-order valence-corrected chi connectivity index (χ2v) is 7.09. The monoisotopic (exact) mass is 430 g/mol. The number of amides is 1. The number of aliphatic hydroxyl groups excluding tert-OH is 1. The van der Waals surface area contributed by atoms with Crippen LogP contribution in [0.15, 0.2) is 84.4 Å². The summed E-state index contributed by atoms with van der Waals surface area (Å²) in [7, 11) is 1.50. The van der Waals surface area contributed by atoms with E-state index in [4.69, 9.17) is 4.74 Å². The molecular formula is C24H18N2O6. The zero-order valence-corrected chi connectivity index (χ0v) is 17.0. The molecule has 1 N–H and O–H groups in total. The van der Waals surface area contributed by atoms with Crippen LogP contribution in [-0.4, -0.2) is 28.8 Å². The molecule has 160 valence electrons. The Morgan fingerprint density at radius 2 is 1.69 bits per heavy atom. The van der Waals surface area contributed by atoms with E-state index >= 15 is 0 Å². The zero-order valence-electron chi connectivity index (χ0n) is 17.0. The summed E-state index contributed by atoms with van der Waals surface area (Å²) in [6.45, 7) is 0. The topological polar surface area (TPSA) is 110 Å². The summed E-state index contributed by atoms with van der Waals surface area (Å²) in [5.41, 5.74) is 0.979. The van der Waals surface area contributed by atoms with Gasteiger partial charge in [-0.3, -0.25) is 24.6 Å². The first-order valence-corrected chi connectivity index (χ1v) is 9.67. The number of Topliss-reactive ketones (excluding diaryl/α,β-unsaturated/α-hetero) is 1. The maximum Gasteiger partial charge on any atom is 0.300 e. The van der Waals surface area contributed by atoms with Crippen LogP contribution in [0.3, 0.4) is 0 Å². The van der Waals surface area contributed by atoms with Crippen LogP contribution in [0.5, 0.6) is 5.75 Å². The van der Waals surface area contributed by atoms with Gasteiger partial charge in [0.25, 0.3) is 17.4 Å². The molecule has 1 heterocycles. The third kappa shape index (κ3) is 3.58. The molecule has 8 nitrogen and oxygen atoms in total. The molecule has 3 aromatic rings. The van der Waals surface area contributed by atoms with Gasteiger partial charge in [0.15, 0.2) is 0 Å². The number of anilines is 1. The molecule has 1 atom stereocenters. The van der Waals surface area contributed by atoms with Crippen LogP contribution in [0.1, 0.15) is 17.2 Å². The van der Waals surface area contributed by atoms with Crippen molar-refractivity contribution >= 4 is 28.8 Å². The number of para-hydroxylation sites is 1. The van der Waals surface area contributed by atoms with Gasteiger partial charge in [-0.1, -0.05) is 30.3 Å². The maximum absolute atomic E-state index is 13.1. The fourth-order valence-electron chi connectivity index (χ4n) is 3.71. The van der Waals surface area contributed by atoms with Gasteiger partial charge in [0.05, 0.1) is 23.6 Å². The highest BCUT2D eigenvalue weighted by atomic mass is 16.6. The molecule has 1 amide bonds. The Balaban J connectivity index is 1.92. The summed E-state index contributed by atoms with van der Waals surface area (Å²) in [6, 6.07) is 19.8. The molecule has 0 bridgehead atoms. The lowest BCUT2D eigenvalue weighted by Crippen LogP contribution is -2.29. The average molecular weight is 430 g/mol. The predicted molar refractivity (Wildman–Crippen MR) is 117 cm³/mol. The first kappa shape index (κ1) is 20.8. The molecule has 0 radical (unpaired) electrons. The molecule has 0 spiro atoms. The fraction of sp³-hybridized carbons (Fsp3) is 0.0833. The van der Waals surface area contributed by atoms with Gasteiger partial charge in [0.1, 0.15) is 11.5 Å². The SMILES string of the molecule is COc1cccc(C2/C(=C(/O)c3ccc([N+](=O)[O-])cc3)C(=O)C(=O)N2c2ccccc2)c1. The van der Waals surface area contributed by atoms with E-state index in [0.717, 1.165) is 0 Å². The molecule has 32 heavy (non-hydrogen) atoms. The van der Waals surface area contributed by atoms with Gasteiger partial charge in [0.2, 0.25) is 0 Å². The van der Waals surface area contributed by atoms with E-state index in [0.29, 0.717) is 17.0 Å². The molecule has 0 aliphatic carbocycles. The number of benzene rings is 3. The second-order valence-electron chi connectivity index (χ2n) is 7.09. The Kier molecular flexibility index (Phi) is 5.43. The van der Waals surface area contributed by atoms with E-state index in [1.54, 1.807) is 54.6 Å². The van der Waals surface area contributed by atoms with Gasteiger partial charge in [0, 0.05) is 23.4 Å². The third-order valence-electron chi connectivity index (χ3n) is 5.24. The molecule has 0 saturated carbocycles. The summed E-state index contributed by atoms with van der Waals surface area (Å²) >= 11 is 0. The number of hydrogen-bond donors (Lipinski definition) is 1. The first-order valence-electron chi connectivity index (χ1n) is 9.67. The number of non-ortho nitro benzene ring substituents is 1. The molecule has 3 aromatic carbocycles. The van der Waals surface area contributed by atoms with E-state index in [-0.39, 0.29) is 16.8 Å². The number of aliphatic hydroxyl groups is 1. The number of nitro benzene ring substituents is 1. The van der Waals surface area contributed by atoms with E-state index in [9.17, 15) is 24.8 Å². The molecule has 1 fully saturated rings. The quantitative estimate of drug-likeness (QED) is 0.213. The van der Waals surface area contributed by atoms with Gasteiger partial charge in [-0.2, -0.15) is 0 Å². The Labute approximate surface area is 183 Å². The Bertz CT molecular complexity index is 1230. The number of nitrogens with zero attached hydrogens (tertiary/aromatic N) is 2. The lowest BCUT2D eigenvalue weighted by molar-refractivity contribution is -0.384. The Hall–Kier alpha value is -4.46. The number of carbonyl (C=O) groups is 2. The number of ether oxygens (including phenoxy) is 1. The standard InChI is InChI=1S/C24H18N2O6/c1-32-19-9-5-6-16(14-19)21-20(22(27)15-10-12-18(13-11-15)26(30)31)23(28)24(29)25(21)17-7-3-2-4-8-17/h2-14,21,27H,1H3/b22-20-. The predicted octanol–water partition coefficient (Wildman–Crippen LogP) is 4.23. The summed E-state index contributed by atoms with van der Waals surface area (Å²) in [5, 5.41) is 22.0. The van der Waals surface area contributed by atoms with Crippen molar-refractivity contribution in [2.75, 3.05) is 12.0 Å². The average Bonchev–Trinajstić information content (AvgIpc) is 3.09. The van der Waals surface area contributed by atoms with Crippen molar-refractivity contribution in [3.05, 3.63) is 106 Å². The summed E-state index contributed by atoms with van der Waals surface area (Å²) in [5.74, 6) is -1.52. The molecular weight excluding hydrogens is 412 g/mol. The lowest BCUT2D eigenvalue weighted by atomic mass is 9.95. The van der Waals surface area contributed by atoms with E-state index in [1.165, 1.54) is 36.3 Å².